The van der Waals surface area contributed by atoms with Crippen molar-refractivity contribution in [3.63, 3.8) is 0 Å². The molecule has 2 fully saturated rings. The van der Waals surface area contributed by atoms with Crippen LogP contribution in [0.3, 0.4) is 0 Å². The Labute approximate surface area is 422 Å². The number of nitrogens with one attached hydrogen (secondary N) is 2. The Morgan fingerprint density at radius 2 is 1.06 bits per heavy atom. The van der Waals surface area contributed by atoms with E-state index < -0.39 is 0 Å². The van der Waals surface area contributed by atoms with Gasteiger partial charge in [0.05, 0.1) is 34.2 Å². The van der Waals surface area contributed by atoms with Crippen molar-refractivity contribution in [1.82, 2.24) is 34.8 Å². The number of amides is 1. The number of aryl methyl sites for hydroxylation is 2. The van der Waals surface area contributed by atoms with Crippen LogP contribution in [0.1, 0.15) is 86.2 Å². The third-order valence-corrected chi connectivity index (χ3v) is 16.8. The summed E-state index contributed by atoms with van der Waals surface area (Å²) in [6, 6.07) is 30.8. The average Bonchev–Trinajstić information content (AvgIpc) is 3.99. The molecule has 2 unspecified atom stereocenters. The molecule has 2 aliphatic rings. The Bertz CT molecular complexity index is 3470. The lowest BCUT2D eigenvalue weighted by molar-refractivity contribution is -0.130. The summed E-state index contributed by atoms with van der Waals surface area (Å²) in [7, 11) is 0. The first-order valence-corrected chi connectivity index (χ1v) is 26.6. The molecule has 2 N–H and O–H groups in total. The van der Waals surface area contributed by atoms with Gasteiger partial charge >= 0.3 is 0 Å². The van der Waals surface area contributed by atoms with E-state index in [1.165, 1.54) is 74.5 Å². The third-order valence-electron chi connectivity index (χ3n) is 14.6. The van der Waals surface area contributed by atoms with E-state index in [2.05, 4.69) is 128 Å². The summed E-state index contributed by atoms with van der Waals surface area (Å²) in [5, 5.41) is 14.8. The molecule has 0 bridgehead atoms. The Balaban J connectivity index is 0.000000155. The highest BCUT2D eigenvalue weighted by molar-refractivity contribution is 7.17. The van der Waals surface area contributed by atoms with Gasteiger partial charge in [0, 0.05) is 101 Å². The number of piperidine rings is 1. The monoisotopic (exact) mass is 971 g/mol. The topological polar surface area (TPSA) is 122 Å². The van der Waals surface area contributed by atoms with Crippen LogP contribution >= 0.6 is 22.7 Å². The van der Waals surface area contributed by atoms with Gasteiger partial charge in [-0.1, -0.05) is 43.5 Å². The molecule has 12 rings (SSSR count). The van der Waals surface area contributed by atoms with Crippen LogP contribution in [0, 0.1) is 25.7 Å². The predicted molar refractivity (Wildman–Crippen MR) is 293 cm³/mol. The number of benzene rings is 4. The summed E-state index contributed by atoms with van der Waals surface area (Å²) < 4.78 is 2.61. The highest BCUT2D eigenvalue weighted by atomic mass is 32.1. The number of thiophene rings is 2. The number of aromatic nitrogens is 6. The lowest BCUT2D eigenvalue weighted by Crippen LogP contribution is -2.39. The van der Waals surface area contributed by atoms with Crippen LogP contribution in [0.15, 0.2) is 145 Å². The number of hydrogen-bond donors (Lipinski definition) is 2. The molecule has 10 nitrogen and oxygen atoms in total. The van der Waals surface area contributed by atoms with Crippen molar-refractivity contribution in [2.24, 2.45) is 11.8 Å². The lowest BCUT2D eigenvalue weighted by atomic mass is 9.81. The van der Waals surface area contributed by atoms with Crippen molar-refractivity contribution in [1.29, 1.82) is 0 Å². The standard InChI is InChI=1S/C30H29N5OS.C29H28N4S/c1-19-18-37-28-6-5-22(14-25(19)28)26-15-24(16-27-30(26)33-11-10-32-27)34-29(23-4-3-9-31-17-23)21-7-12-35(13-8-21)20(2)36;1-19-18-34-27-10-9-21(14-24(19)27)25-15-23(16-26-29(25)32-13-12-31-26)33-28(20-6-3-2-4-7-20)22-8-5-11-30-17-22/h3-6,9-11,14-18,21,29,34H,7-8,12-13H2,1-2H3;5,8-18,20,28,33H,2-4,6-7H2,1H3. The number of pyridine rings is 2. The van der Waals surface area contributed by atoms with Crippen molar-refractivity contribution < 1.29 is 4.79 Å². The molecule has 6 aromatic heterocycles. The van der Waals surface area contributed by atoms with E-state index >= 15 is 0 Å². The predicted octanol–water partition coefficient (Wildman–Crippen LogP) is 14.6. The number of carbonyl (C=O) groups is 1. The van der Waals surface area contributed by atoms with E-state index in [1.807, 2.05) is 41.8 Å². The normalized spacial score (nSPS) is 15.4. The molecule has 1 aliphatic carbocycles. The number of fused-ring (bicyclic) bond motifs is 4. The van der Waals surface area contributed by atoms with Crippen molar-refractivity contribution in [2.45, 2.75) is 77.8 Å². The number of anilines is 2. The first-order chi connectivity index (χ1) is 34.8. The van der Waals surface area contributed by atoms with Crippen LogP contribution < -0.4 is 10.6 Å². The molecule has 356 valence electrons. The van der Waals surface area contributed by atoms with Gasteiger partial charge in [0.15, 0.2) is 0 Å². The van der Waals surface area contributed by atoms with Gasteiger partial charge in [0.25, 0.3) is 0 Å². The molecular formula is C59H57N9OS2. The molecule has 1 saturated heterocycles. The van der Waals surface area contributed by atoms with E-state index in [-0.39, 0.29) is 18.0 Å². The van der Waals surface area contributed by atoms with Gasteiger partial charge in [-0.2, -0.15) is 0 Å². The molecule has 0 spiro atoms. The Morgan fingerprint density at radius 1 is 0.577 bits per heavy atom. The van der Waals surface area contributed by atoms with Gasteiger partial charge in [-0.3, -0.25) is 34.7 Å². The van der Waals surface area contributed by atoms with Crippen molar-refractivity contribution in [3.05, 3.63) is 168 Å². The first-order valence-electron chi connectivity index (χ1n) is 24.9. The Morgan fingerprint density at radius 3 is 1.52 bits per heavy atom. The maximum Gasteiger partial charge on any atom is 0.219 e. The molecule has 2 atom stereocenters. The fourth-order valence-corrected chi connectivity index (χ4v) is 12.7. The maximum atomic E-state index is 11.9. The molecule has 0 radical (unpaired) electrons. The second kappa shape index (κ2) is 20.7. The quantitative estimate of drug-likeness (QED) is 0.138. The number of hydrogen-bond acceptors (Lipinski definition) is 11. The number of rotatable bonds is 10. The fraction of sp³-hybridized carbons (Fsp3) is 0.271. The highest BCUT2D eigenvalue weighted by Crippen LogP contribution is 2.41. The van der Waals surface area contributed by atoms with Crippen LogP contribution in [0.5, 0.6) is 0 Å². The summed E-state index contributed by atoms with van der Waals surface area (Å²) in [5.74, 6) is 1.13. The van der Waals surface area contributed by atoms with Crippen LogP contribution in [0.2, 0.25) is 0 Å². The largest absolute Gasteiger partial charge is 0.378 e. The van der Waals surface area contributed by atoms with E-state index in [0.717, 1.165) is 81.6 Å². The zero-order valence-corrected chi connectivity index (χ0v) is 42.0. The second-order valence-electron chi connectivity index (χ2n) is 19.2. The Hall–Kier alpha value is -7.15. The smallest absolute Gasteiger partial charge is 0.219 e. The molecule has 1 aliphatic heterocycles. The van der Waals surface area contributed by atoms with E-state index in [1.54, 1.807) is 54.4 Å². The summed E-state index contributed by atoms with van der Waals surface area (Å²) >= 11 is 3.58. The molecular weight excluding hydrogens is 915 g/mol. The minimum absolute atomic E-state index is 0.0753. The highest BCUT2D eigenvalue weighted by Gasteiger charge is 2.30. The van der Waals surface area contributed by atoms with Crippen molar-refractivity contribution in [3.8, 4) is 22.3 Å². The van der Waals surface area contributed by atoms with Gasteiger partial charge in [0.1, 0.15) is 0 Å². The second-order valence-corrected chi connectivity index (χ2v) is 21.0. The molecule has 1 saturated carbocycles. The molecule has 1 amide bonds. The van der Waals surface area contributed by atoms with Gasteiger partial charge in [-0.05, 0) is 167 Å². The minimum atomic E-state index is 0.0753. The van der Waals surface area contributed by atoms with Gasteiger partial charge in [-0.25, -0.2) is 0 Å². The number of carbonyl (C=O) groups excluding carboxylic acids is 1. The van der Waals surface area contributed by atoms with Crippen LogP contribution in [-0.4, -0.2) is 53.8 Å². The molecule has 12 heteroatoms. The Kier molecular flexibility index (Phi) is 13.5. The summed E-state index contributed by atoms with van der Waals surface area (Å²) in [6.45, 7) is 7.57. The van der Waals surface area contributed by atoms with E-state index in [0.29, 0.717) is 11.8 Å². The SMILES string of the molecule is CC(=O)N1CCC(C(Nc2cc(-c3ccc4scc(C)c4c3)c3nccnc3c2)c2cccnc2)CC1.Cc1csc2ccc(-c3cc(NC(c4cccnc4)C4CCCCC4)cc4nccnc34)cc12. The summed E-state index contributed by atoms with van der Waals surface area (Å²) in [4.78, 5) is 41.5. The first kappa shape index (κ1) is 46.2. The molecule has 4 aromatic carbocycles. The van der Waals surface area contributed by atoms with Gasteiger partial charge in [-0.15, -0.1) is 22.7 Å². The fourth-order valence-electron chi connectivity index (χ4n) is 10.8. The zero-order valence-electron chi connectivity index (χ0n) is 40.4. The van der Waals surface area contributed by atoms with Crippen LogP contribution in [0.4, 0.5) is 11.4 Å². The lowest BCUT2D eigenvalue weighted by Gasteiger charge is -2.36. The van der Waals surface area contributed by atoms with Crippen molar-refractivity contribution in [2.75, 3.05) is 23.7 Å². The maximum absolute atomic E-state index is 11.9. The minimum Gasteiger partial charge on any atom is -0.378 e. The van der Waals surface area contributed by atoms with E-state index in [9.17, 15) is 4.79 Å². The van der Waals surface area contributed by atoms with Gasteiger partial charge < -0.3 is 15.5 Å². The summed E-state index contributed by atoms with van der Waals surface area (Å²) in [5.41, 5.74) is 15.2. The molecule has 7 heterocycles. The number of likely N-dealkylation sites (tertiary alicyclic amines) is 1. The zero-order chi connectivity index (χ0) is 48.3. The van der Waals surface area contributed by atoms with Crippen LogP contribution in [-0.2, 0) is 4.79 Å². The van der Waals surface area contributed by atoms with Gasteiger partial charge in [0.2, 0.25) is 5.91 Å². The summed E-state index contributed by atoms with van der Waals surface area (Å²) in [6.07, 6.45) is 23.0. The third kappa shape index (κ3) is 9.96. The number of nitrogens with zero attached hydrogens (tertiary/aromatic N) is 7. The van der Waals surface area contributed by atoms with Crippen LogP contribution in [0.25, 0.3) is 64.5 Å². The molecule has 71 heavy (non-hydrogen) atoms. The van der Waals surface area contributed by atoms with Crippen molar-refractivity contribution >= 4 is 82.2 Å². The van der Waals surface area contributed by atoms with E-state index in [4.69, 9.17) is 9.97 Å². The average molecular weight is 972 g/mol. The molecule has 10 aromatic rings.